The van der Waals surface area contributed by atoms with Gasteiger partial charge in [0.15, 0.2) is 0 Å². The van der Waals surface area contributed by atoms with Gasteiger partial charge in [-0.2, -0.15) is 0 Å². The highest BCUT2D eigenvalue weighted by Gasteiger charge is 1.99. The van der Waals surface area contributed by atoms with Gasteiger partial charge in [-0.15, -0.1) is 0 Å². The number of nitrogens with zero attached hydrogens (tertiary/aromatic N) is 2. The van der Waals surface area contributed by atoms with E-state index in [1.807, 2.05) is 0 Å². The zero-order valence-corrected chi connectivity index (χ0v) is 8.11. The molecule has 0 aliphatic carbocycles. The van der Waals surface area contributed by atoms with E-state index in [4.69, 9.17) is 5.11 Å². The first-order valence-corrected chi connectivity index (χ1v) is 4.55. The van der Waals surface area contributed by atoms with Gasteiger partial charge in [0.2, 0.25) is 0 Å². The van der Waals surface area contributed by atoms with Crippen LogP contribution in [-0.4, -0.2) is 27.6 Å². The van der Waals surface area contributed by atoms with E-state index in [-0.39, 0.29) is 6.42 Å². The van der Waals surface area contributed by atoms with Crippen molar-refractivity contribution in [1.82, 2.24) is 9.97 Å². The number of aliphatic carboxylic acids is 1. The van der Waals surface area contributed by atoms with E-state index in [9.17, 15) is 9.18 Å². The summed E-state index contributed by atoms with van der Waals surface area (Å²) in [7, 11) is 0. The molecule has 0 fully saturated rings. The maximum Gasteiger partial charge on any atom is 0.303 e. The van der Waals surface area contributed by atoms with E-state index >= 15 is 0 Å². The lowest BCUT2D eigenvalue weighted by molar-refractivity contribution is -0.137. The molecule has 0 amide bonds. The Balaban J connectivity index is 2.33. The molecule has 82 valence electrons. The average Bonchev–Trinajstić information content (AvgIpc) is 2.24. The van der Waals surface area contributed by atoms with E-state index in [1.54, 1.807) is 0 Å². The summed E-state index contributed by atoms with van der Waals surface area (Å²) >= 11 is 0. The highest BCUT2D eigenvalue weighted by atomic mass is 19.1. The first-order chi connectivity index (χ1) is 7.22. The fourth-order valence-electron chi connectivity index (χ4n) is 1.02. The molecule has 0 atom stereocenters. The summed E-state index contributed by atoms with van der Waals surface area (Å²) in [5.41, 5.74) is 0.311. The van der Waals surface area contributed by atoms with Crippen LogP contribution in [0.5, 0.6) is 0 Å². The van der Waals surface area contributed by atoms with Crippen LogP contribution in [0.15, 0.2) is 12.4 Å². The largest absolute Gasteiger partial charge is 0.481 e. The monoisotopic (exact) mass is 213 g/mol. The predicted octanol–water partition coefficient (Wildman–Crippen LogP) is 1.22. The molecule has 1 aromatic rings. The molecular weight excluding hydrogens is 201 g/mol. The number of nitrogens with one attached hydrogen (secondary N) is 1. The third-order valence-electron chi connectivity index (χ3n) is 1.73. The number of carboxylic acid groups (broad SMARTS) is 1. The van der Waals surface area contributed by atoms with Gasteiger partial charge in [0.1, 0.15) is 18.8 Å². The normalized spacial score (nSPS) is 9.93. The number of hydrogen-bond donors (Lipinski definition) is 2. The molecule has 1 heterocycles. The van der Waals surface area contributed by atoms with Crippen molar-refractivity contribution in [2.45, 2.75) is 19.5 Å². The third-order valence-corrected chi connectivity index (χ3v) is 1.73. The minimum atomic E-state index is -0.830. The second kappa shape index (κ2) is 5.90. The summed E-state index contributed by atoms with van der Waals surface area (Å²) in [5, 5.41) is 11.3. The molecule has 0 aromatic carbocycles. The number of carboxylic acids is 1. The Bertz CT molecular complexity index is 333. The molecule has 0 radical (unpaired) electrons. The lowest BCUT2D eigenvalue weighted by Gasteiger charge is -2.04. The molecule has 5 nitrogen and oxygen atoms in total. The van der Waals surface area contributed by atoms with Crippen molar-refractivity contribution >= 4 is 11.8 Å². The number of carbonyl (C=O) groups is 1. The molecule has 2 N–H and O–H groups in total. The van der Waals surface area contributed by atoms with E-state index in [2.05, 4.69) is 15.3 Å². The predicted molar refractivity (Wildman–Crippen MR) is 52.2 cm³/mol. The van der Waals surface area contributed by atoms with Crippen molar-refractivity contribution in [2.24, 2.45) is 0 Å². The van der Waals surface area contributed by atoms with Gasteiger partial charge in [-0.05, 0) is 6.42 Å². The maximum atomic E-state index is 12.2. The summed E-state index contributed by atoms with van der Waals surface area (Å²) in [6, 6.07) is 1.50. The molecule has 0 bridgehead atoms. The summed E-state index contributed by atoms with van der Waals surface area (Å²) < 4.78 is 12.2. The standard InChI is InChI=1S/C9H12FN3O2/c10-5-7-4-8(13-6-12-7)11-3-1-2-9(14)15/h4,6H,1-3,5H2,(H,14,15)(H,11,12,13). The minimum absolute atomic E-state index is 0.105. The smallest absolute Gasteiger partial charge is 0.303 e. The molecule has 1 aromatic heterocycles. The van der Waals surface area contributed by atoms with Crippen LogP contribution in [0, 0.1) is 0 Å². The Kier molecular flexibility index (Phi) is 4.46. The van der Waals surface area contributed by atoms with Crippen molar-refractivity contribution in [3.63, 3.8) is 0 Å². The Hall–Kier alpha value is -1.72. The lowest BCUT2D eigenvalue weighted by atomic mass is 10.3. The Morgan fingerprint density at radius 1 is 1.53 bits per heavy atom. The van der Waals surface area contributed by atoms with Crippen LogP contribution in [0.4, 0.5) is 10.2 Å². The number of alkyl halides is 1. The summed E-state index contributed by atoms with van der Waals surface area (Å²) in [4.78, 5) is 17.8. The van der Waals surface area contributed by atoms with Crippen molar-refractivity contribution < 1.29 is 14.3 Å². The van der Waals surface area contributed by atoms with Gasteiger partial charge in [0, 0.05) is 19.0 Å². The molecular formula is C9H12FN3O2. The second-order valence-electron chi connectivity index (χ2n) is 2.95. The van der Waals surface area contributed by atoms with E-state index in [1.165, 1.54) is 12.4 Å². The minimum Gasteiger partial charge on any atom is -0.481 e. The van der Waals surface area contributed by atoms with Gasteiger partial charge >= 0.3 is 5.97 Å². The molecule has 0 aliphatic rings. The van der Waals surface area contributed by atoms with Crippen molar-refractivity contribution in [3.8, 4) is 0 Å². The van der Waals surface area contributed by atoms with Gasteiger partial charge in [0.25, 0.3) is 0 Å². The van der Waals surface area contributed by atoms with Crippen LogP contribution in [0.3, 0.4) is 0 Å². The molecule has 6 heteroatoms. The topological polar surface area (TPSA) is 75.1 Å². The van der Waals surface area contributed by atoms with Gasteiger partial charge in [-0.1, -0.05) is 0 Å². The Labute approximate surface area is 86.4 Å². The molecule has 0 saturated carbocycles. The number of rotatable bonds is 6. The highest BCUT2D eigenvalue weighted by Crippen LogP contribution is 2.05. The third kappa shape index (κ3) is 4.35. The zero-order chi connectivity index (χ0) is 11.1. The van der Waals surface area contributed by atoms with Gasteiger partial charge < -0.3 is 10.4 Å². The molecule has 0 unspecified atom stereocenters. The van der Waals surface area contributed by atoms with E-state index < -0.39 is 12.6 Å². The SMILES string of the molecule is O=C(O)CCCNc1cc(CF)ncn1. The van der Waals surface area contributed by atoms with E-state index in [0.29, 0.717) is 24.5 Å². The fourth-order valence-corrected chi connectivity index (χ4v) is 1.02. The molecule has 0 saturated heterocycles. The first kappa shape index (κ1) is 11.4. The fraction of sp³-hybridized carbons (Fsp3) is 0.444. The van der Waals surface area contributed by atoms with Crippen molar-refractivity contribution in [2.75, 3.05) is 11.9 Å². The summed E-state index contributed by atoms with van der Waals surface area (Å²) in [6.45, 7) is -0.138. The number of halogens is 1. The summed E-state index contributed by atoms with van der Waals surface area (Å²) in [6.07, 6.45) is 1.88. The highest BCUT2D eigenvalue weighted by molar-refractivity contribution is 5.66. The van der Waals surface area contributed by atoms with Crippen LogP contribution in [-0.2, 0) is 11.5 Å². The summed E-state index contributed by atoms with van der Waals surface area (Å²) in [5.74, 6) is -0.313. The maximum absolute atomic E-state index is 12.2. The van der Waals surface area contributed by atoms with Gasteiger partial charge in [-0.3, -0.25) is 4.79 Å². The van der Waals surface area contributed by atoms with Crippen LogP contribution in [0.25, 0.3) is 0 Å². The van der Waals surface area contributed by atoms with Gasteiger partial charge in [0.05, 0.1) is 5.69 Å². The molecule has 0 aliphatic heterocycles. The molecule has 15 heavy (non-hydrogen) atoms. The van der Waals surface area contributed by atoms with Crippen LogP contribution in [0.2, 0.25) is 0 Å². The quantitative estimate of drug-likeness (QED) is 0.695. The Morgan fingerprint density at radius 3 is 3.00 bits per heavy atom. The number of anilines is 1. The van der Waals surface area contributed by atoms with Crippen LogP contribution >= 0.6 is 0 Å². The van der Waals surface area contributed by atoms with E-state index in [0.717, 1.165) is 0 Å². The average molecular weight is 213 g/mol. The number of aromatic nitrogens is 2. The Morgan fingerprint density at radius 2 is 2.33 bits per heavy atom. The molecule has 0 spiro atoms. The number of hydrogen-bond acceptors (Lipinski definition) is 4. The molecule has 1 rings (SSSR count). The second-order valence-corrected chi connectivity index (χ2v) is 2.95. The zero-order valence-electron chi connectivity index (χ0n) is 8.11. The van der Waals surface area contributed by atoms with Crippen LogP contribution < -0.4 is 5.32 Å². The first-order valence-electron chi connectivity index (χ1n) is 4.55. The van der Waals surface area contributed by atoms with Crippen molar-refractivity contribution in [1.29, 1.82) is 0 Å². The lowest BCUT2D eigenvalue weighted by Crippen LogP contribution is -2.06. The van der Waals surface area contributed by atoms with Crippen LogP contribution in [0.1, 0.15) is 18.5 Å². The van der Waals surface area contributed by atoms with Crippen molar-refractivity contribution in [3.05, 3.63) is 18.1 Å². The van der Waals surface area contributed by atoms with Gasteiger partial charge in [-0.25, -0.2) is 14.4 Å².